The van der Waals surface area contributed by atoms with Crippen LogP contribution >= 0.6 is 11.6 Å². The fourth-order valence-electron chi connectivity index (χ4n) is 2.16. The third-order valence-corrected chi connectivity index (χ3v) is 4.05. The minimum Gasteiger partial charge on any atom is -0.493 e. The Morgan fingerprint density at radius 3 is 2.50 bits per heavy atom. The van der Waals surface area contributed by atoms with Gasteiger partial charge < -0.3 is 14.8 Å². The summed E-state index contributed by atoms with van der Waals surface area (Å²) < 4.78 is 10.6. The van der Waals surface area contributed by atoms with Crippen LogP contribution in [0.5, 0.6) is 5.75 Å². The van der Waals surface area contributed by atoms with E-state index < -0.39 is 12.1 Å². The molecule has 0 fully saturated rings. The van der Waals surface area contributed by atoms with Crippen molar-refractivity contribution in [1.29, 1.82) is 0 Å². The summed E-state index contributed by atoms with van der Waals surface area (Å²) in [4.78, 5) is 23.9. The van der Waals surface area contributed by atoms with E-state index in [0.717, 1.165) is 11.1 Å². The van der Waals surface area contributed by atoms with Gasteiger partial charge in [0.2, 0.25) is 0 Å². The van der Waals surface area contributed by atoms with Gasteiger partial charge in [-0.3, -0.25) is 9.59 Å². The molecule has 6 heteroatoms. The first-order valence-electron chi connectivity index (χ1n) is 8.36. The average molecular weight is 376 g/mol. The fourth-order valence-corrected chi connectivity index (χ4v) is 2.37. The van der Waals surface area contributed by atoms with Crippen LogP contribution in [-0.2, 0) is 20.9 Å². The molecule has 1 N–H and O–H groups in total. The van der Waals surface area contributed by atoms with Crippen molar-refractivity contribution in [3.63, 3.8) is 0 Å². The molecular formula is C20H22ClNO4. The smallest absolute Gasteiger partial charge is 0.310 e. The normalized spacial score (nSPS) is 11.5. The zero-order valence-electron chi connectivity index (χ0n) is 14.8. The third-order valence-electron chi connectivity index (χ3n) is 3.68. The number of aryl methyl sites for hydroxylation is 1. The van der Waals surface area contributed by atoms with Gasteiger partial charge in [0, 0.05) is 11.6 Å². The number of carbonyl (C=O) groups excluding carboxylic acids is 2. The third kappa shape index (κ3) is 6.41. The maximum Gasteiger partial charge on any atom is 0.310 e. The minimum absolute atomic E-state index is 0.0655. The molecule has 0 radical (unpaired) electrons. The van der Waals surface area contributed by atoms with E-state index in [9.17, 15) is 9.59 Å². The number of esters is 1. The number of hydrogen-bond acceptors (Lipinski definition) is 4. The number of carbonyl (C=O) groups is 2. The van der Waals surface area contributed by atoms with Crippen LogP contribution in [0.25, 0.3) is 0 Å². The number of hydrogen-bond donors (Lipinski definition) is 1. The van der Waals surface area contributed by atoms with Crippen LogP contribution in [0.4, 0.5) is 0 Å². The summed E-state index contributed by atoms with van der Waals surface area (Å²) in [7, 11) is 0. The van der Waals surface area contributed by atoms with Gasteiger partial charge in [-0.1, -0.05) is 47.5 Å². The van der Waals surface area contributed by atoms with Crippen molar-refractivity contribution in [3.05, 3.63) is 64.7 Å². The summed E-state index contributed by atoms with van der Waals surface area (Å²) in [6.07, 6.45) is -0.819. The second kappa shape index (κ2) is 9.82. The van der Waals surface area contributed by atoms with E-state index in [4.69, 9.17) is 21.1 Å². The summed E-state index contributed by atoms with van der Waals surface area (Å²) in [6.45, 7) is 3.98. The van der Waals surface area contributed by atoms with Crippen molar-refractivity contribution in [1.82, 2.24) is 5.32 Å². The van der Waals surface area contributed by atoms with E-state index in [1.807, 2.05) is 49.4 Å². The summed E-state index contributed by atoms with van der Waals surface area (Å²) in [5, 5.41) is 3.28. The summed E-state index contributed by atoms with van der Waals surface area (Å²) in [6, 6.07) is 14.8. The summed E-state index contributed by atoms with van der Waals surface area (Å²) in [5.41, 5.74) is 1.93. The van der Waals surface area contributed by atoms with E-state index in [1.165, 1.54) is 6.92 Å². The SMILES string of the molecule is Cc1ccc(OCCC(=O)O[C@@H](C)C(=O)NCc2ccccc2Cl)cc1. The predicted molar refractivity (Wildman–Crippen MR) is 100 cm³/mol. The Kier molecular flexibility index (Phi) is 7.48. The van der Waals surface area contributed by atoms with Gasteiger partial charge in [-0.2, -0.15) is 0 Å². The highest BCUT2D eigenvalue weighted by Gasteiger charge is 2.17. The second-order valence-electron chi connectivity index (χ2n) is 5.85. The van der Waals surface area contributed by atoms with Crippen LogP contribution in [-0.4, -0.2) is 24.6 Å². The van der Waals surface area contributed by atoms with Crippen molar-refractivity contribution < 1.29 is 19.1 Å². The Morgan fingerprint density at radius 1 is 1.12 bits per heavy atom. The van der Waals surface area contributed by atoms with Gasteiger partial charge in [-0.15, -0.1) is 0 Å². The molecule has 1 atom stereocenters. The Hall–Kier alpha value is -2.53. The van der Waals surface area contributed by atoms with E-state index in [1.54, 1.807) is 6.07 Å². The lowest BCUT2D eigenvalue weighted by Crippen LogP contribution is -2.35. The van der Waals surface area contributed by atoms with Crippen molar-refractivity contribution in [2.45, 2.75) is 32.9 Å². The molecule has 0 bridgehead atoms. The molecule has 5 nitrogen and oxygen atoms in total. The molecule has 2 aromatic carbocycles. The number of nitrogens with one attached hydrogen (secondary N) is 1. The molecule has 0 aliphatic carbocycles. The topological polar surface area (TPSA) is 64.6 Å². The molecule has 26 heavy (non-hydrogen) atoms. The van der Waals surface area contributed by atoms with E-state index in [-0.39, 0.29) is 25.5 Å². The molecule has 1 amide bonds. The van der Waals surface area contributed by atoms with Crippen LogP contribution < -0.4 is 10.1 Å². The minimum atomic E-state index is -0.885. The van der Waals surface area contributed by atoms with Gasteiger partial charge in [-0.05, 0) is 37.6 Å². The fraction of sp³-hybridized carbons (Fsp3) is 0.300. The summed E-state index contributed by atoms with van der Waals surface area (Å²) >= 11 is 6.04. The number of ether oxygens (including phenoxy) is 2. The summed E-state index contributed by atoms with van der Waals surface area (Å²) in [5.74, 6) is -0.177. The molecule has 2 aromatic rings. The maximum absolute atomic E-state index is 12.0. The zero-order chi connectivity index (χ0) is 18.9. The molecule has 0 spiro atoms. The van der Waals surface area contributed by atoms with Gasteiger partial charge >= 0.3 is 5.97 Å². The van der Waals surface area contributed by atoms with Crippen LogP contribution in [0.3, 0.4) is 0 Å². The van der Waals surface area contributed by atoms with Gasteiger partial charge in [0.1, 0.15) is 5.75 Å². The Bertz CT molecular complexity index is 746. The monoisotopic (exact) mass is 375 g/mol. The molecule has 0 aliphatic heterocycles. The van der Waals surface area contributed by atoms with Crippen LogP contribution in [0.1, 0.15) is 24.5 Å². The van der Waals surface area contributed by atoms with Crippen LogP contribution in [0.2, 0.25) is 5.02 Å². The number of rotatable bonds is 8. The molecule has 0 aromatic heterocycles. The molecule has 0 saturated carbocycles. The first kappa shape index (κ1) is 19.8. The van der Waals surface area contributed by atoms with Crippen LogP contribution in [0.15, 0.2) is 48.5 Å². The molecule has 0 aliphatic rings. The van der Waals surface area contributed by atoms with E-state index in [2.05, 4.69) is 5.32 Å². The molecule has 0 saturated heterocycles. The number of benzene rings is 2. The van der Waals surface area contributed by atoms with E-state index >= 15 is 0 Å². The van der Waals surface area contributed by atoms with Crippen molar-refractivity contribution >= 4 is 23.5 Å². The predicted octanol–water partition coefficient (Wildman–Crippen LogP) is 3.67. The van der Waals surface area contributed by atoms with Gasteiger partial charge in [0.05, 0.1) is 13.0 Å². The largest absolute Gasteiger partial charge is 0.493 e. The van der Waals surface area contributed by atoms with Gasteiger partial charge in [0.25, 0.3) is 5.91 Å². The molecule has 2 rings (SSSR count). The number of amides is 1. The first-order chi connectivity index (χ1) is 12.5. The molecule has 138 valence electrons. The standard InChI is InChI=1S/C20H22ClNO4/c1-14-7-9-17(10-8-14)25-12-11-19(23)26-15(2)20(24)22-13-16-5-3-4-6-18(16)21/h3-10,15H,11-13H2,1-2H3,(H,22,24)/t15-/m0/s1. The lowest BCUT2D eigenvalue weighted by atomic mass is 10.2. The lowest BCUT2D eigenvalue weighted by molar-refractivity contribution is -0.155. The van der Waals surface area contributed by atoms with Crippen molar-refractivity contribution in [3.8, 4) is 5.75 Å². The number of halogens is 1. The lowest BCUT2D eigenvalue weighted by Gasteiger charge is -2.14. The Balaban J connectivity index is 1.69. The quantitative estimate of drug-likeness (QED) is 0.715. The maximum atomic E-state index is 12.0. The Morgan fingerprint density at radius 2 is 1.81 bits per heavy atom. The Labute approximate surface area is 158 Å². The highest BCUT2D eigenvalue weighted by molar-refractivity contribution is 6.31. The highest BCUT2D eigenvalue weighted by atomic mass is 35.5. The van der Waals surface area contributed by atoms with Crippen molar-refractivity contribution in [2.75, 3.05) is 6.61 Å². The first-order valence-corrected chi connectivity index (χ1v) is 8.73. The molecule has 0 unspecified atom stereocenters. The van der Waals surface area contributed by atoms with Gasteiger partial charge in [0.15, 0.2) is 6.10 Å². The van der Waals surface area contributed by atoms with Crippen molar-refractivity contribution in [2.24, 2.45) is 0 Å². The van der Waals surface area contributed by atoms with Crippen LogP contribution in [0, 0.1) is 6.92 Å². The molecule has 0 heterocycles. The zero-order valence-corrected chi connectivity index (χ0v) is 15.6. The molecular weight excluding hydrogens is 354 g/mol. The highest BCUT2D eigenvalue weighted by Crippen LogP contribution is 2.14. The van der Waals surface area contributed by atoms with E-state index in [0.29, 0.717) is 10.8 Å². The van der Waals surface area contributed by atoms with Gasteiger partial charge in [-0.25, -0.2) is 0 Å². The average Bonchev–Trinajstić information content (AvgIpc) is 2.62. The second-order valence-corrected chi connectivity index (χ2v) is 6.26.